The van der Waals surface area contributed by atoms with Gasteiger partial charge in [0.05, 0.1) is 5.41 Å². The number of carbonyl (C=O) groups excluding carboxylic acids is 2. The summed E-state index contributed by atoms with van der Waals surface area (Å²) in [4.78, 5) is 23.4. The van der Waals surface area contributed by atoms with Crippen LogP contribution in [0.3, 0.4) is 0 Å². The first-order chi connectivity index (χ1) is 8.72. The Balaban J connectivity index is 4.21. The molecule has 1 unspecified atom stereocenters. The van der Waals surface area contributed by atoms with Crippen molar-refractivity contribution in [2.45, 2.75) is 40.5 Å². The van der Waals surface area contributed by atoms with E-state index in [1.165, 1.54) is 0 Å². The largest absolute Gasteiger partial charge is 0.359 e. The van der Waals surface area contributed by atoms with E-state index in [1.54, 1.807) is 20.9 Å². The van der Waals surface area contributed by atoms with Gasteiger partial charge in [-0.3, -0.25) is 9.59 Å². The lowest BCUT2D eigenvalue weighted by Gasteiger charge is -2.23. The summed E-state index contributed by atoms with van der Waals surface area (Å²) in [5, 5.41) is 5.42. The highest BCUT2D eigenvalue weighted by molar-refractivity contribution is 5.83. The van der Waals surface area contributed by atoms with Gasteiger partial charge in [-0.1, -0.05) is 13.8 Å². The first-order valence-electron chi connectivity index (χ1n) is 6.91. The van der Waals surface area contributed by atoms with Crippen LogP contribution in [-0.4, -0.2) is 32.0 Å². The van der Waals surface area contributed by atoms with Gasteiger partial charge in [0, 0.05) is 20.0 Å². The molecule has 19 heavy (non-hydrogen) atoms. The molecular weight excluding hydrogens is 242 g/mol. The average molecular weight is 271 g/mol. The number of nitrogens with one attached hydrogen (secondary N) is 2. The highest BCUT2D eigenvalue weighted by atomic mass is 16.2. The van der Waals surface area contributed by atoms with Crippen molar-refractivity contribution in [3.8, 4) is 0 Å². The first-order valence-corrected chi connectivity index (χ1v) is 6.91. The van der Waals surface area contributed by atoms with Gasteiger partial charge in [0.2, 0.25) is 11.8 Å². The van der Waals surface area contributed by atoms with Gasteiger partial charge in [-0.2, -0.15) is 0 Å². The van der Waals surface area contributed by atoms with Crippen LogP contribution in [-0.2, 0) is 9.59 Å². The van der Waals surface area contributed by atoms with E-state index in [9.17, 15) is 9.59 Å². The molecule has 0 aliphatic carbocycles. The lowest BCUT2D eigenvalue weighted by Crippen LogP contribution is -2.44. The summed E-state index contributed by atoms with van der Waals surface area (Å²) in [5.74, 6) is 0.630. The molecule has 5 nitrogen and oxygen atoms in total. The number of carbonyl (C=O) groups is 2. The summed E-state index contributed by atoms with van der Waals surface area (Å²) in [6.45, 7) is 8.71. The third-order valence-corrected chi connectivity index (χ3v) is 3.18. The monoisotopic (exact) mass is 271 g/mol. The molecule has 0 aliphatic heterocycles. The number of rotatable bonds is 8. The summed E-state index contributed by atoms with van der Waals surface area (Å²) < 4.78 is 0. The zero-order chi connectivity index (χ0) is 15.1. The second-order valence-corrected chi connectivity index (χ2v) is 6.18. The zero-order valence-electron chi connectivity index (χ0n) is 12.9. The van der Waals surface area contributed by atoms with Gasteiger partial charge in [-0.15, -0.1) is 0 Å². The zero-order valence-corrected chi connectivity index (χ0v) is 12.9. The Morgan fingerprint density at radius 3 is 2.26 bits per heavy atom. The van der Waals surface area contributed by atoms with Crippen molar-refractivity contribution in [3.63, 3.8) is 0 Å². The molecule has 2 amide bonds. The van der Waals surface area contributed by atoms with Crippen LogP contribution < -0.4 is 16.4 Å². The highest BCUT2D eigenvalue weighted by Gasteiger charge is 2.27. The molecule has 0 radical (unpaired) electrons. The van der Waals surface area contributed by atoms with Gasteiger partial charge in [-0.05, 0) is 38.6 Å². The quantitative estimate of drug-likeness (QED) is 0.613. The second kappa shape index (κ2) is 8.15. The summed E-state index contributed by atoms with van der Waals surface area (Å²) in [5.41, 5.74) is 5.08. The molecule has 0 aliphatic rings. The van der Waals surface area contributed by atoms with Gasteiger partial charge in [0.1, 0.15) is 0 Å². The van der Waals surface area contributed by atoms with Crippen molar-refractivity contribution in [2.75, 3.05) is 20.1 Å². The highest BCUT2D eigenvalue weighted by Crippen LogP contribution is 2.16. The summed E-state index contributed by atoms with van der Waals surface area (Å²) in [6.07, 6.45) is 1.38. The van der Waals surface area contributed by atoms with Gasteiger partial charge in [0.15, 0.2) is 0 Å². The standard InChI is InChI=1S/C14H29N3O2/c1-10(2)6-11(8-15)7-12(18)17-9-14(3,4)13(19)16-5/h10-11H,6-9,15H2,1-5H3,(H,16,19)(H,17,18). The number of nitrogens with two attached hydrogens (primary N) is 1. The van der Waals surface area contributed by atoms with Crippen molar-refractivity contribution in [1.29, 1.82) is 0 Å². The fourth-order valence-corrected chi connectivity index (χ4v) is 2.00. The maximum absolute atomic E-state index is 11.9. The van der Waals surface area contributed by atoms with Crippen LogP contribution in [0.1, 0.15) is 40.5 Å². The minimum Gasteiger partial charge on any atom is -0.359 e. The van der Waals surface area contributed by atoms with Crippen molar-refractivity contribution < 1.29 is 9.59 Å². The van der Waals surface area contributed by atoms with E-state index in [0.717, 1.165) is 6.42 Å². The predicted molar refractivity (Wildman–Crippen MR) is 77.5 cm³/mol. The van der Waals surface area contributed by atoms with Crippen LogP contribution in [0.15, 0.2) is 0 Å². The number of hydrogen-bond acceptors (Lipinski definition) is 3. The molecule has 0 aromatic heterocycles. The molecule has 5 heteroatoms. The first kappa shape index (κ1) is 17.9. The van der Waals surface area contributed by atoms with Gasteiger partial charge >= 0.3 is 0 Å². The molecule has 0 aromatic rings. The average Bonchev–Trinajstić information content (AvgIpc) is 2.34. The van der Waals surface area contributed by atoms with Crippen molar-refractivity contribution in [2.24, 2.45) is 23.0 Å². The van der Waals surface area contributed by atoms with Crippen molar-refractivity contribution in [3.05, 3.63) is 0 Å². The Hall–Kier alpha value is -1.10. The summed E-state index contributed by atoms with van der Waals surface area (Å²) in [6, 6.07) is 0. The van der Waals surface area contributed by atoms with Gasteiger partial charge < -0.3 is 16.4 Å². The fourth-order valence-electron chi connectivity index (χ4n) is 2.00. The predicted octanol–water partition coefficient (Wildman–Crippen LogP) is 0.886. The smallest absolute Gasteiger partial charge is 0.227 e. The third-order valence-electron chi connectivity index (χ3n) is 3.18. The van der Waals surface area contributed by atoms with Crippen molar-refractivity contribution >= 4 is 11.8 Å². The Bertz CT molecular complexity index is 301. The lowest BCUT2D eigenvalue weighted by atomic mass is 9.91. The van der Waals surface area contributed by atoms with E-state index < -0.39 is 5.41 Å². The number of amides is 2. The molecule has 0 fully saturated rings. The van der Waals surface area contributed by atoms with Gasteiger partial charge in [-0.25, -0.2) is 0 Å². The molecule has 0 heterocycles. The van der Waals surface area contributed by atoms with E-state index in [-0.39, 0.29) is 17.7 Å². The van der Waals surface area contributed by atoms with E-state index >= 15 is 0 Å². The van der Waals surface area contributed by atoms with Crippen LogP contribution in [0.2, 0.25) is 0 Å². The molecule has 112 valence electrons. The third kappa shape index (κ3) is 7.15. The van der Waals surface area contributed by atoms with Crippen LogP contribution in [0.5, 0.6) is 0 Å². The number of hydrogen-bond donors (Lipinski definition) is 3. The minimum atomic E-state index is -0.597. The lowest BCUT2D eigenvalue weighted by molar-refractivity contribution is -0.129. The van der Waals surface area contributed by atoms with Crippen LogP contribution in [0.25, 0.3) is 0 Å². The maximum atomic E-state index is 11.9. The Kier molecular flexibility index (Phi) is 7.68. The van der Waals surface area contributed by atoms with E-state index in [4.69, 9.17) is 5.73 Å². The fraction of sp³-hybridized carbons (Fsp3) is 0.857. The normalized spacial score (nSPS) is 13.2. The maximum Gasteiger partial charge on any atom is 0.227 e. The summed E-state index contributed by atoms with van der Waals surface area (Å²) >= 11 is 0. The topological polar surface area (TPSA) is 84.2 Å². The van der Waals surface area contributed by atoms with E-state index in [0.29, 0.717) is 25.4 Å². The molecule has 0 bridgehead atoms. The van der Waals surface area contributed by atoms with E-state index in [1.807, 2.05) is 0 Å². The Labute approximate surface area is 116 Å². The molecule has 4 N–H and O–H groups in total. The molecule has 1 atom stereocenters. The Morgan fingerprint density at radius 2 is 1.84 bits per heavy atom. The minimum absolute atomic E-state index is 0.0342. The molecule has 0 aromatic carbocycles. The van der Waals surface area contributed by atoms with Crippen molar-refractivity contribution in [1.82, 2.24) is 10.6 Å². The molecule has 0 spiro atoms. The molecule has 0 saturated carbocycles. The Morgan fingerprint density at radius 1 is 1.26 bits per heavy atom. The summed E-state index contributed by atoms with van der Waals surface area (Å²) in [7, 11) is 1.60. The molecular formula is C14H29N3O2. The van der Waals surface area contributed by atoms with Gasteiger partial charge in [0.25, 0.3) is 0 Å². The molecule has 0 saturated heterocycles. The second-order valence-electron chi connectivity index (χ2n) is 6.18. The molecule has 0 rings (SSSR count). The van der Waals surface area contributed by atoms with Crippen LogP contribution in [0, 0.1) is 17.3 Å². The van der Waals surface area contributed by atoms with Crippen LogP contribution >= 0.6 is 0 Å². The SMILES string of the molecule is CNC(=O)C(C)(C)CNC(=O)CC(CN)CC(C)C. The van der Waals surface area contributed by atoms with Crippen LogP contribution in [0.4, 0.5) is 0 Å². The van der Waals surface area contributed by atoms with E-state index in [2.05, 4.69) is 24.5 Å².